The molecule has 86 valence electrons. The molecule has 0 aliphatic carbocycles. The van der Waals surface area contributed by atoms with Crippen LogP contribution < -0.4 is 0 Å². The molecule has 0 radical (unpaired) electrons. The molecule has 2 aromatic rings. The van der Waals surface area contributed by atoms with Crippen LogP contribution in [0.15, 0.2) is 40.8 Å². The van der Waals surface area contributed by atoms with Gasteiger partial charge in [-0.15, -0.1) is 0 Å². The molecule has 0 unspecified atom stereocenters. The smallest absolute Gasteiger partial charge is 0.336 e. The number of hydrogen-bond donors (Lipinski definition) is 1. The van der Waals surface area contributed by atoms with Crippen LogP contribution in [-0.4, -0.2) is 26.0 Å². The summed E-state index contributed by atoms with van der Waals surface area (Å²) < 4.78 is 0. The maximum Gasteiger partial charge on any atom is 0.336 e. The van der Waals surface area contributed by atoms with Crippen molar-refractivity contribution in [3.05, 3.63) is 42.0 Å². The van der Waals surface area contributed by atoms with Gasteiger partial charge in [-0.1, -0.05) is 0 Å². The predicted molar refractivity (Wildman–Crippen MR) is 62.1 cm³/mol. The Morgan fingerprint density at radius 1 is 1.35 bits per heavy atom. The van der Waals surface area contributed by atoms with Crippen molar-refractivity contribution >= 4 is 17.7 Å². The van der Waals surface area contributed by atoms with Crippen LogP contribution >= 0.6 is 11.8 Å². The van der Waals surface area contributed by atoms with Crippen LogP contribution in [-0.2, 0) is 0 Å². The molecule has 6 heteroatoms. The Labute approximate surface area is 102 Å². The van der Waals surface area contributed by atoms with E-state index in [1.165, 1.54) is 30.2 Å². The van der Waals surface area contributed by atoms with Gasteiger partial charge in [-0.05, 0) is 30.8 Å². The number of aryl methyl sites for hydroxylation is 1. The Kier molecular flexibility index (Phi) is 3.34. The zero-order chi connectivity index (χ0) is 12.3. The lowest BCUT2D eigenvalue weighted by atomic mass is 10.3. The van der Waals surface area contributed by atoms with Crippen molar-refractivity contribution in [1.29, 1.82) is 0 Å². The summed E-state index contributed by atoms with van der Waals surface area (Å²) in [7, 11) is 0. The molecular weight excluding hydrogens is 238 g/mol. The summed E-state index contributed by atoms with van der Waals surface area (Å²) in [6, 6.07) is 3.24. The molecule has 0 bridgehead atoms. The highest BCUT2D eigenvalue weighted by molar-refractivity contribution is 7.99. The highest BCUT2D eigenvalue weighted by Crippen LogP contribution is 2.26. The first-order valence-corrected chi connectivity index (χ1v) is 5.63. The average Bonchev–Trinajstić information content (AvgIpc) is 2.29. The molecule has 1 N–H and O–H groups in total. The van der Waals surface area contributed by atoms with Gasteiger partial charge in [0.05, 0.1) is 5.56 Å². The van der Waals surface area contributed by atoms with E-state index in [4.69, 9.17) is 5.11 Å². The molecule has 0 aromatic carbocycles. The monoisotopic (exact) mass is 247 g/mol. The summed E-state index contributed by atoms with van der Waals surface area (Å²) in [5, 5.41) is 9.53. The van der Waals surface area contributed by atoms with E-state index in [1.54, 1.807) is 12.3 Å². The molecule has 0 aliphatic heterocycles. The van der Waals surface area contributed by atoms with Gasteiger partial charge in [0.15, 0.2) is 5.16 Å². The maximum absolute atomic E-state index is 11.0. The largest absolute Gasteiger partial charge is 0.478 e. The second-order valence-corrected chi connectivity index (χ2v) is 4.27. The van der Waals surface area contributed by atoms with Gasteiger partial charge in [-0.2, -0.15) is 0 Å². The van der Waals surface area contributed by atoms with Gasteiger partial charge in [0.25, 0.3) is 0 Å². The zero-order valence-electron chi connectivity index (χ0n) is 8.99. The normalized spacial score (nSPS) is 10.2. The number of carboxylic acids is 1. The summed E-state index contributed by atoms with van der Waals surface area (Å²) in [5.74, 6) is -0.984. The van der Waals surface area contributed by atoms with Gasteiger partial charge in [-0.25, -0.2) is 14.8 Å². The van der Waals surface area contributed by atoms with Crippen LogP contribution in [0.3, 0.4) is 0 Å². The minimum Gasteiger partial charge on any atom is -0.478 e. The van der Waals surface area contributed by atoms with E-state index in [-0.39, 0.29) is 5.56 Å². The van der Waals surface area contributed by atoms with Gasteiger partial charge < -0.3 is 5.11 Å². The van der Waals surface area contributed by atoms with Crippen molar-refractivity contribution in [2.45, 2.75) is 17.0 Å². The Morgan fingerprint density at radius 2 is 2.18 bits per heavy atom. The molecular formula is C11H9N3O2S. The fraction of sp³-hybridized carbons (Fsp3) is 0.0909. The summed E-state index contributed by atoms with van der Waals surface area (Å²) >= 11 is 1.19. The third kappa shape index (κ3) is 2.79. The number of carbonyl (C=O) groups is 1. The van der Waals surface area contributed by atoms with E-state index in [1.807, 2.05) is 6.92 Å². The van der Waals surface area contributed by atoms with E-state index in [9.17, 15) is 4.79 Å². The first-order chi connectivity index (χ1) is 8.16. The van der Waals surface area contributed by atoms with Gasteiger partial charge in [-0.3, -0.25) is 4.98 Å². The zero-order valence-corrected chi connectivity index (χ0v) is 9.81. The second kappa shape index (κ2) is 4.92. The molecule has 0 aliphatic rings. The molecule has 2 heterocycles. The lowest BCUT2D eigenvalue weighted by Crippen LogP contribution is -1.99. The number of pyridine rings is 1. The Balaban J connectivity index is 2.33. The van der Waals surface area contributed by atoms with E-state index in [0.29, 0.717) is 10.1 Å². The van der Waals surface area contributed by atoms with Crippen LogP contribution in [0.5, 0.6) is 0 Å². The molecule has 0 atom stereocenters. The Bertz CT molecular complexity index is 560. The summed E-state index contributed by atoms with van der Waals surface area (Å²) in [6.07, 6.45) is 4.59. The molecule has 2 rings (SSSR count). The molecule has 0 saturated heterocycles. The van der Waals surface area contributed by atoms with Crippen LogP contribution in [0, 0.1) is 6.92 Å². The van der Waals surface area contributed by atoms with E-state index < -0.39 is 5.97 Å². The van der Waals surface area contributed by atoms with Gasteiger partial charge in [0.2, 0.25) is 0 Å². The third-order valence-electron chi connectivity index (χ3n) is 1.99. The Hall–Kier alpha value is -1.95. The van der Waals surface area contributed by atoms with Crippen molar-refractivity contribution in [1.82, 2.24) is 15.0 Å². The molecule has 2 aromatic heterocycles. The minimum atomic E-state index is -0.984. The first-order valence-electron chi connectivity index (χ1n) is 4.81. The third-order valence-corrected chi connectivity index (χ3v) is 2.91. The maximum atomic E-state index is 11.0. The molecule has 5 nitrogen and oxygen atoms in total. The van der Waals surface area contributed by atoms with Crippen LogP contribution in [0.1, 0.15) is 16.1 Å². The minimum absolute atomic E-state index is 0.204. The van der Waals surface area contributed by atoms with Crippen molar-refractivity contribution in [3.8, 4) is 0 Å². The molecule has 0 fully saturated rings. The SMILES string of the molecule is Cc1ccnc(Sc2cnccc2C(=O)O)n1. The quantitative estimate of drug-likeness (QED) is 0.836. The van der Waals surface area contributed by atoms with Crippen LogP contribution in [0.4, 0.5) is 0 Å². The molecule has 0 saturated carbocycles. The highest BCUT2D eigenvalue weighted by atomic mass is 32.2. The van der Waals surface area contributed by atoms with Crippen molar-refractivity contribution < 1.29 is 9.90 Å². The fourth-order valence-corrected chi connectivity index (χ4v) is 2.09. The number of nitrogens with zero attached hydrogens (tertiary/aromatic N) is 3. The van der Waals surface area contributed by atoms with Gasteiger partial charge >= 0.3 is 5.97 Å². The molecule has 0 spiro atoms. The fourth-order valence-electron chi connectivity index (χ4n) is 1.21. The summed E-state index contributed by atoms with van der Waals surface area (Å²) in [6.45, 7) is 1.85. The van der Waals surface area contributed by atoms with Crippen molar-refractivity contribution in [3.63, 3.8) is 0 Å². The number of carboxylic acid groups (broad SMARTS) is 1. The lowest BCUT2D eigenvalue weighted by molar-refractivity contribution is 0.0693. The lowest BCUT2D eigenvalue weighted by Gasteiger charge is -2.03. The van der Waals surface area contributed by atoms with Crippen molar-refractivity contribution in [2.24, 2.45) is 0 Å². The molecule has 0 amide bonds. The van der Waals surface area contributed by atoms with Crippen LogP contribution in [0.2, 0.25) is 0 Å². The van der Waals surface area contributed by atoms with E-state index in [2.05, 4.69) is 15.0 Å². The predicted octanol–water partition coefficient (Wildman–Crippen LogP) is 2.03. The second-order valence-electron chi connectivity index (χ2n) is 3.26. The number of hydrogen-bond acceptors (Lipinski definition) is 5. The number of aromatic nitrogens is 3. The highest BCUT2D eigenvalue weighted by Gasteiger charge is 2.12. The number of rotatable bonds is 3. The van der Waals surface area contributed by atoms with Crippen LogP contribution in [0.25, 0.3) is 0 Å². The topological polar surface area (TPSA) is 76.0 Å². The van der Waals surface area contributed by atoms with E-state index in [0.717, 1.165) is 5.69 Å². The van der Waals surface area contributed by atoms with Gasteiger partial charge in [0.1, 0.15) is 0 Å². The Morgan fingerprint density at radius 3 is 2.88 bits per heavy atom. The van der Waals surface area contributed by atoms with Crippen molar-refractivity contribution in [2.75, 3.05) is 0 Å². The first kappa shape index (κ1) is 11.5. The summed E-state index contributed by atoms with van der Waals surface area (Å²) in [5.41, 5.74) is 1.04. The van der Waals surface area contributed by atoms with E-state index >= 15 is 0 Å². The summed E-state index contributed by atoms with van der Waals surface area (Å²) in [4.78, 5) is 23.7. The average molecular weight is 247 g/mol. The standard InChI is InChI=1S/C11H9N3O2S/c1-7-2-5-13-11(14-7)17-9-6-12-4-3-8(9)10(15)16/h2-6H,1H3,(H,15,16). The molecule has 17 heavy (non-hydrogen) atoms. The van der Waals surface area contributed by atoms with Gasteiger partial charge in [0, 0.05) is 29.2 Å². The number of aromatic carboxylic acids is 1.